The topological polar surface area (TPSA) is 64.6 Å². The smallest absolute Gasteiger partial charge is 0.224 e. The van der Waals surface area contributed by atoms with Crippen molar-refractivity contribution in [2.24, 2.45) is 0 Å². The fourth-order valence-electron chi connectivity index (χ4n) is 2.14. The summed E-state index contributed by atoms with van der Waals surface area (Å²) in [5.74, 6) is 0.754. The molecule has 2 rings (SSSR count). The molecule has 0 radical (unpaired) electrons. The Kier molecular flexibility index (Phi) is 6.63. The molecule has 0 aliphatic rings. The number of carbonyl (C=O) groups excluding carboxylic acids is 2. The SMILES string of the molecule is COc1cc(NC(=O)CCCC(=O)c2cccs2)c(OC)cc1Cl. The van der Waals surface area contributed by atoms with Crippen LogP contribution in [0.4, 0.5) is 5.69 Å². The molecule has 1 amide bonds. The Balaban J connectivity index is 1.91. The van der Waals surface area contributed by atoms with Crippen molar-refractivity contribution in [1.29, 1.82) is 0 Å². The predicted octanol–water partition coefficient (Wildman–Crippen LogP) is 4.41. The number of methoxy groups -OCH3 is 2. The molecule has 0 spiro atoms. The van der Waals surface area contributed by atoms with E-state index in [4.69, 9.17) is 21.1 Å². The summed E-state index contributed by atoms with van der Waals surface area (Å²) in [6, 6.07) is 6.81. The first-order chi connectivity index (χ1) is 11.5. The lowest BCUT2D eigenvalue weighted by molar-refractivity contribution is -0.116. The number of rotatable bonds is 8. The third kappa shape index (κ3) is 4.72. The molecule has 0 bridgehead atoms. The highest BCUT2D eigenvalue weighted by atomic mass is 35.5. The van der Waals surface area contributed by atoms with Crippen molar-refractivity contribution in [2.45, 2.75) is 19.3 Å². The zero-order valence-electron chi connectivity index (χ0n) is 13.4. The van der Waals surface area contributed by atoms with Crippen molar-refractivity contribution in [3.05, 3.63) is 39.5 Å². The highest BCUT2D eigenvalue weighted by Crippen LogP contribution is 2.35. The normalized spacial score (nSPS) is 10.3. The van der Waals surface area contributed by atoms with Crippen LogP contribution >= 0.6 is 22.9 Å². The number of ether oxygens (including phenoxy) is 2. The van der Waals surface area contributed by atoms with E-state index in [0.29, 0.717) is 35.1 Å². The Hall–Kier alpha value is -2.05. The van der Waals surface area contributed by atoms with E-state index >= 15 is 0 Å². The second-order valence-electron chi connectivity index (χ2n) is 4.99. The lowest BCUT2D eigenvalue weighted by Crippen LogP contribution is -2.13. The van der Waals surface area contributed by atoms with Crippen molar-refractivity contribution in [2.75, 3.05) is 19.5 Å². The maximum Gasteiger partial charge on any atom is 0.224 e. The zero-order valence-corrected chi connectivity index (χ0v) is 15.0. The highest BCUT2D eigenvalue weighted by Gasteiger charge is 2.13. The maximum atomic E-state index is 12.1. The van der Waals surface area contributed by atoms with Crippen molar-refractivity contribution in [3.8, 4) is 11.5 Å². The summed E-state index contributed by atoms with van der Waals surface area (Å²) in [6.45, 7) is 0. The summed E-state index contributed by atoms with van der Waals surface area (Å²) in [4.78, 5) is 24.7. The molecule has 0 aliphatic heterocycles. The minimum atomic E-state index is -0.198. The average molecular weight is 368 g/mol. The van der Waals surface area contributed by atoms with Gasteiger partial charge in [-0.05, 0) is 17.9 Å². The summed E-state index contributed by atoms with van der Waals surface area (Å²) in [7, 11) is 2.99. The summed E-state index contributed by atoms with van der Waals surface area (Å²) in [5, 5.41) is 5.02. The van der Waals surface area contributed by atoms with Gasteiger partial charge in [-0.15, -0.1) is 11.3 Å². The van der Waals surface area contributed by atoms with E-state index in [1.54, 1.807) is 18.2 Å². The van der Waals surface area contributed by atoms with Gasteiger partial charge in [0.2, 0.25) is 5.91 Å². The van der Waals surface area contributed by atoms with E-state index < -0.39 is 0 Å². The molecule has 0 saturated heterocycles. The van der Waals surface area contributed by atoms with Gasteiger partial charge in [0.25, 0.3) is 0 Å². The molecule has 0 unspecified atom stereocenters. The Morgan fingerprint density at radius 2 is 1.92 bits per heavy atom. The number of hydrogen-bond donors (Lipinski definition) is 1. The van der Waals surface area contributed by atoms with E-state index in [2.05, 4.69) is 5.32 Å². The number of anilines is 1. The molecule has 7 heteroatoms. The molecule has 0 fully saturated rings. The lowest BCUT2D eigenvalue weighted by atomic mass is 10.1. The number of carbonyl (C=O) groups is 2. The molecular formula is C17H18ClNO4S. The van der Waals surface area contributed by atoms with Gasteiger partial charge in [0.15, 0.2) is 5.78 Å². The van der Waals surface area contributed by atoms with E-state index in [9.17, 15) is 9.59 Å². The van der Waals surface area contributed by atoms with Crippen molar-refractivity contribution < 1.29 is 19.1 Å². The fraction of sp³-hybridized carbons (Fsp3) is 0.294. The second-order valence-corrected chi connectivity index (χ2v) is 6.34. The first-order valence-corrected chi connectivity index (χ1v) is 8.59. The van der Waals surface area contributed by atoms with Crippen LogP contribution in [0.5, 0.6) is 11.5 Å². The number of ketones is 1. The predicted molar refractivity (Wildman–Crippen MR) is 95.7 cm³/mol. The van der Waals surface area contributed by atoms with Gasteiger partial charge in [0, 0.05) is 25.0 Å². The number of Topliss-reactive ketones (excluding diaryl/α,β-unsaturated/α-hetero) is 1. The number of benzene rings is 1. The number of amides is 1. The summed E-state index contributed by atoms with van der Waals surface area (Å²) < 4.78 is 10.3. The molecule has 1 aromatic carbocycles. The third-order valence-electron chi connectivity index (χ3n) is 3.35. The number of thiophene rings is 1. The minimum absolute atomic E-state index is 0.0588. The summed E-state index contributed by atoms with van der Waals surface area (Å²) in [6.07, 6.45) is 1.07. The molecule has 1 N–H and O–H groups in total. The van der Waals surface area contributed by atoms with Gasteiger partial charge in [0.05, 0.1) is 29.8 Å². The average Bonchev–Trinajstić information content (AvgIpc) is 3.10. The quantitative estimate of drug-likeness (QED) is 0.702. The van der Waals surface area contributed by atoms with Crippen LogP contribution in [0.2, 0.25) is 5.02 Å². The van der Waals surface area contributed by atoms with Gasteiger partial charge < -0.3 is 14.8 Å². The maximum absolute atomic E-state index is 12.1. The van der Waals surface area contributed by atoms with Gasteiger partial charge in [-0.1, -0.05) is 17.7 Å². The molecule has 0 aliphatic carbocycles. The van der Waals surface area contributed by atoms with E-state index in [1.807, 2.05) is 11.4 Å². The van der Waals surface area contributed by atoms with Crippen LogP contribution in [0, 0.1) is 0 Å². The molecule has 1 aromatic heterocycles. The van der Waals surface area contributed by atoms with Crippen LogP contribution in [0.25, 0.3) is 0 Å². The van der Waals surface area contributed by atoms with Crippen LogP contribution in [0.15, 0.2) is 29.6 Å². The minimum Gasteiger partial charge on any atom is -0.495 e. The Morgan fingerprint density at radius 1 is 1.17 bits per heavy atom. The largest absolute Gasteiger partial charge is 0.495 e. The first kappa shape index (κ1) is 18.3. The fourth-order valence-corrected chi connectivity index (χ4v) is 3.07. The summed E-state index contributed by atoms with van der Waals surface area (Å²) in [5.41, 5.74) is 0.480. The number of hydrogen-bond acceptors (Lipinski definition) is 5. The lowest BCUT2D eigenvalue weighted by Gasteiger charge is -2.13. The van der Waals surface area contributed by atoms with Crippen LogP contribution in [-0.2, 0) is 4.79 Å². The van der Waals surface area contributed by atoms with Crippen molar-refractivity contribution in [3.63, 3.8) is 0 Å². The van der Waals surface area contributed by atoms with Gasteiger partial charge in [-0.2, -0.15) is 0 Å². The van der Waals surface area contributed by atoms with E-state index in [1.165, 1.54) is 25.6 Å². The van der Waals surface area contributed by atoms with Gasteiger partial charge in [-0.25, -0.2) is 0 Å². The number of nitrogens with one attached hydrogen (secondary N) is 1. The van der Waals surface area contributed by atoms with Gasteiger partial charge >= 0.3 is 0 Å². The molecule has 0 atom stereocenters. The molecular weight excluding hydrogens is 350 g/mol. The first-order valence-electron chi connectivity index (χ1n) is 7.33. The van der Waals surface area contributed by atoms with E-state index in [-0.39, 0.29) is 18.1 Å². The highest BCUT2D eigenvalue weighted by molar-refractivity contribution is 7.12. The standard InChI is InChI=1S/C17H18ClNO4S/c1-22-14-10-12(15(23-2)9-11(14)18)19-17(21)7-3-5-13(20)16-6-4-8-24-16/h4,6,8-10H,3,5,7H2,1-2H3,(H,19,21). The van der Waals surface area contributed by atoms with Crippen LogP contribution in [0.1, 0.15) is 28.9 Å². The van der Waals surface area contributed by atoms with Crippen LogP contribution in [0.3, 0.4) is 0 Å². The van der Waals surface area contributed by atoms with Crippen LogP contribution in [-0.4, -0.2) is 25.9 Å². The molecule has 2 aromatic rings. The van der Waals surface area contributed by atoms with Gasteiger partial charge in [0.1, 0.15) is 11.5 Å². The molecule has 128 valence electrons. The third-order valence-corrected chi connectivity index (χ3v) is 4.56. The number of halogens is 1. The Bertz CT molecular complexity index is 716. The zero-order chi connectivity index (χ0) is 17.5. The molecule has 0 saturated carbocycles. The Labute approximate surface area is 149 Å². The summed E-state index contributed by atoms with van der Waals surface area (Å²) >= 11 is 7.44. The molecule has 1 heterocycles. The van der Waals surface area contributed by atoms with Crippen molar-refractivity contribution >= 4 is 40.3 Å². The van der Waals surface area contributed by atoms with Crippen molar-refractivity contribution in [1.82, 2.24) is 0 Å². The van der Waals surface area contributed by atoms with Gasteiger partial charge in [-0.3, -0.25) is 9.59 Å². The Morgan fingerprint density at radius 3 is 2.54 bits per heavy atom. The van der Waals surface area contributed by atoms with E-state index in [0.717, 1.165) is 4.88 Å². The monoisotopic (exact) mass is 367 g/mol. The molecule has 5 nitrogen and oxygen atoms in total. The second kappa shape index (κ2) is 8.70. The molecule has 24 heavy (non-hydrogen) atoms. The van der Waals surface area contributed by atoms with Crippen LogP contribution < -0.4 is 14.8 Å².